The van der Waals surface area contributed by atoms with Crippen molar-refractivity contribution in [2.24, 2.45) is 0 Å². The number of anilines is 1. The molecule has 148 valence electrons. The van der Waals surface area contributed by atoms with Gasteiger partial charge in [0.15, 0.2) is 5.78 Å². The van der Waals surface area contributed by atoms with Gasteiger partial charge in [-0.1, -0.05) is 44.7 Å². The molecule has 7 heteroatoms. The number of nitrogens with one attached hydrogen (secondary N) is 1. The highest BCUT2D eigenvalue weighted by Crippen LogP contribution is 2.28. The zero-order chi connectivity index (χ0) is 20.6. The summed E-state index contributed by atoms with van der Waals surface area (Å²) in [6, 6.07) is 13.3. The van der Waals surface area contributed by atoms with Crippen molar-refractivity contribution in [2.75, 3.05) is 11.1 Å². The van der Waals surface area contributed by atoms with Crippen molar-refractivity contribution in [2.45, 2.75) is 37.8 Å². The van der Waals surface area contributed by atoms with E-state index in [1.807, 2.05) is 12.1 Å². The molecule has 1 aromatic heterocycles. The predicted octanol–water partition coefficient (Wildman–Crippen LogP) is 4.50. The Hall–Kier alpha value is -2.93. The maximum Gasteiger partial charge on any atom is 0.277 e. The lowest BCUT2D eigenvalue weighted by Gasteiger charge is -2.18. The Labute approximate surface area is 173 Å². The molecule has 6 nitrogen and oxygen atoms in total. The predicted molar refractivity (Wildman–Crippen MR) is 112 cm³/mol. The molecule has 0 radical (unpaired) electrons. The summed E-state index contributed by atoms with van der Waals surface area (Å²) in [6.45, 7) is 6.49. The maximum atomic E-state index is 12.5. The number of hydrogen-bond acceptors (Lipinski definition) is 6. The third-order valence-electron chi connectivity index (χ3n) is 4.78. The monoisotopic (exact) mass is 407 g/mol. The Morgan fingerprint density at radius 1 is 1.14 bits per heavy atom. The number of ketones is 1. The molecule has 1 aliphatic heterocycles. The number of benzene rings is 2. The van der Waals surface area contributed by atoms with E-state index >= 15 is 0 Å². The first-order chi connectivity index (χ1) is 13.8. The summed E-state index contributed by atoms with van der Waals surface area (Å²) in [5.74, 6) is 0.520. The van der Waals surface area contributed by atoms with Gasteiger partial charge in [0.05, 0.1) is 12.2 Å². The van der Waals surface area contributed by atoms with Crippen molar-refractivity contribution in [3.05, 3.63) is 59.2 Å². The van der Waals surface area contributed by atoms with Gasteiger partial charge in [0, 0.05) is 16.8 Å². The molecule has 0 saturated heterocycles. The number of nitrogens with zero attached hydrogens (tertiary/aromatic N) is 2. The molecule has 2 aromatic carbocycles. The van der Waals surface area contributed by atoms with Crippen LogP contribution in [0.3, 0.4) is 0 Å². The molecule has 3 aromatic rings. The van der Waals surface area contributed by atoms with Crippen LogP contribution >= 0.6 is 11.8 Å². The fraction of sp³-hybridized carbons (Fsp3) is 0.273. The van der Waals surface area contributed by atoms with Crippen molar-refractivity contribution in [3.8, 4) is 11.5 Å². The van der Waals surface area contributed by atoms with E-state index in [1.54, 1.807) is 18.2 Å². The minimum atomic E-state index is -0.0496. The first-order valence-electron chi connectivity index (χ1n) is 9.33. The van der Waals surface area contributed by atoms with Gasteiger partial charge in [-0.2, -0.15) is 0 Å². The molecular weight excluding hydrogens is 386 g/mol. The summed E-state index contributed by atoms with van der Waals surface area (Å²) in [5, 5.41) is 11.2. The van der Waals surface area contributed by atoms with E-state index in [4.69, 9.17) is 4.42 Å². The highest BCUT2D eigenvalue weighted by molar-refractivity contribution is 7.99. The number of thioether (sulfide) groups is 1. The first-order valence-corrected chi connectivity index (χ1v) is 10.3. The molecule has 0 spiro atoms. The van der Waals surface area contributed by atoms with Gasteiger partial charge in [-0.15, -0.1) is 10.2 Å². The maximum absolute atomic E-state index is 12.5. The molecule has 1 N–H and O–H groups in total. The highest BCUT2D eigenvalue weighted by Gasteiger charge is 2.20. The summed E-state index contributed by atoms with van der Waals surface area (Å²) in [4.78, 5) is 23.9. The minimum absolute atomic E-state index is 0.0482. The van der Waals surface area contributed by atoms with Crippen molar-refractivity contribution < 1.29 is 14.0 Å². The van der Waals surface area contributed by atoms with Crippen molar-refractivity contribution in [1.29, 1.82) is 0 Å². The zero-order valence-corrected chi connectivity index (χ0v) is 17.3. The zero-order valence-electron chi connectivity index (χ0n) is 16.5. The molecule has 0 unspecified atom stereocenters. The van der Waals surface area contributed by atoms with Crippen LogP contribution in [0.4, 0.5) is 5.69 Å². The average molecular weight is 407 g/mol. The fourth-order valence-electron chi connectivity index (χ4n) is 3.11. The molecule has 1 amide bonds. The van der Waals surface area contributed by atoms with E-state index in [0.717, 1.165) is 16.8 Å². The molecule has 0 aliphatic carbocycles. The number of carbonyl (C=O) groups is 2. The van der Waals surface area contributed by atoms with E-state index in [1.165, 1.54) is 17.3 Å². The van der Waals surface area contributed by atoms with Crippen molar-refractivity contribution in [3.63, 3.8) is 0 Å². The third kappa shape index (κ3) is 4.24. The molecule has 0 saturated carbocycles. The Bertz CT molecular complexity index is 1080. The topological polar surface area (TPSA) is 85.1 Å². The van der Waals surface area contributed by atoms with Crippen LogP contribution in [0.2, 0.25) is 0 Å². The van der Waals surface area contributed by atoms with Gasteiger partial charge >= 0.3 is 0 Å². The standard InChI is InChI=1S/C22H21N3O3S/c1-22(2,3)16-7-4-13(5-8-16)20-24-25-21(28-20)29-12-18(26)14-6-9-17-15(10-14)11-19(27)23-17/h4-10H,11-12H2,1-3H3,(H,23,27). The molecule has 1 aliphatic rings. The lowest BCUT2D eigenvalue weighted by atomic mass is 9.87. The molecule has 2 heterocycles. The summed E-state index contributed by atoms with van der Waals surface area (Å²) in [5.41, 5.74) is 4.36. The second-order valence-electron chi connectivity index (χ2n) is 8.01. The number of Topliss-reactive ketones (excluding diaryl/α,β-unsaturated/α-hetero) is 1. The third-order valence-corrected chi connectivity index (χ3v) is 5.60. The Morgan fingerprint density at radius 2 is 1.90 bits per heavy atom. The summed E-state index contributed by atoms with van der Waals surface area (Å²) in [6.07, 6.45) is 0.310. The largest absolute Gasteiger partial charge is 0.411 e. The van der Waals surface area contributed by atoms with Crippen molar-refractivity contribution in [1.82, 2.24) is 10.2 Å². The van der Waals surface area contributed by atoms with E-state index < -0.39 is 0 Å². The van der Waals surface area contributed by atoms with Crippen LogP contribution in [0.25, 0.3) is 11.5 Å². The number of hydrogen-bond donors (Lipinski definition) is 1. The quantitative estimate of drug-likeness (QED) is 0.495. The van der Waals surface area contributed by atoms with Crippen LogP contribution in [-0.4, -0.2) is 27.6 Å². The van der Waals surface area contributed by atoms with E-state index in [0.29, 0.717) is 23.1 Å². The SMILES string of the molecule is CC(C)(C)c1ccc(-c2nnc(SCC(=O)c3ccc4c(c3)CC(=O)N4)o2)cc1. The minimum Gasteiger partial charge on any atom is -0.411 e. The molecule has 0 bridgehead atoms. The summed E-state index contributed by atoms with van der Waals surface area (Å²) in [7, 11) is 0. The van der Waals surface area contributed by atoms with Gasteiger partial charge in [0.25, 0.3) is 5.22 Å². The number of fused-ring (bicyclic) bond motifs is 1. The Balaban J connectivity index is 1.40. The number of carbonyl (C=O) groups excluding carboxylic acids is 2. The summed E-state index contributed by atoms with van der Waals surface area (Å²) >= 11 is 1.21. The number of amides is 1. The van der Waals surface area contributed by atoms with E-state index in [9.17, 15) is 9.59 Å². The van der Waals surface area contributed by atoms with Crippen LogP contribution in [0.5, 0.6) is 0 Å². The fourth-order valence-corrected chi connectivity index (χ4v) is 3.77. The Kier molecular flexibility index (Phi) is 5.00. The van der Waals surface area contributed by atoms with E-state index in [-0.39, 0.29) is 22.9 Å². The van der Waals surface area contributed by atoms with Crippen LogP contribution in [-0.2, 0) is 16.6 Å². The second-order valence-corrected chi connectivity index (χ2v) is 8.94. The van der Waals surface area contributed by atoms with Crippen LogP contribution < -0.4 is 5.32 Å². The average Bonchev–Trinajstić information content (AvgIpc) is 3.30. The Morgan fingerprint density at radius 3 is 2.62 bits per heavy atom. The number of aromatic nitrogens is 2. The van der Waals surface area contributed by atoms with E-state index in [2.05, 4.69) is 48.4 Å². The normalized spacial score (nSPS) is 13.3. The number of rotatable bonds is 5. The molecule has 29 heavy (non-hydrogen) atoms. The van der Waals surface area contributed by atoms with Gasteiger partial charge in [-0.25, -0.2) is 0 Å². The molecule has 0 atom stereocenters. The van der Waals surface area contributed by atoms with Gasteiger partial charge in [-0.05, 0) is 46.9 Å². The van der Waals surface area contributed by atoms with Crippen molar-refractivity contribution >= 4 is 29.1 Å². The summed E-state index contributed by atoms with van der Waals surface area (Å²) < 4.78 is 5.70. The van der Waals surface area contributed by atoms with Crippen LogP contribution in [0, 0.1) is 0 Å². The van der Waals surface area contributed by atoms with Crippen LogP contribution in [0.1, 0.15) is 42.3 Å². The second kappa shape index (κ2) is 7.48. The lowest BCUT2D eigenvalue weighted by molar-refractivity contribution is -0.115. The smallest absolute Gasteiger partial charge is 0.277 e. The van der Waals surface area contributed by atoms with Gasteiger partial charge in [0.2, 0.25) is 11.8 Å². The lowest BCUT2D eigenvalue weighted by Crippen LogP contribution is -2.10. The van der Waals surface area contributed by atoms with Gasteiger partial charge < -0.3 is 9.73 Å². The van der Waals surface area contributed by atoms with Gasteiger partial charge in [-0.3, -0.25) is 9.59 Å². The first kappa shape index (κ1) is 19.4. The molecule has 4 rings (SSSR count). The van der Waals surface area contributed by atoms with Gasteiger partial charge in [0.1, 0.15) is 0 Å². The highest BCUT2D eigenvalue weighted by atomic mass is 32.2. The van der Waals surface area contributed by atoms with Crippen LogP contribution in [0.15, 0.2) is 52.1 Å². The molecule has 0 fully saturated rings. The molecular formula is C22H21N3O3S.